The molecule has 0 unspecified atom stereocenters. The van der Waals surface area contributed by atoms with E-state index in [9.17, 15) is 19.5 Å². The molecular weight excluding hydrogens is 464 g/mol. The van der Waals surface area contributed by atoms with Gasteiger partial charge < -0.3 is 20.1 Å². The average molecular weight is 497 g/mol. The summed E-state index contributed by atoms with van der Waals surface area (Å²) in [5.74, 6) is -1.02. The van der Waals surface area contributed by atoms with Crippen LogP contribution in [0.4, 0.5) is 4.79 Å². The fourth-order valence-corrected chi connectivity index (χ4v) is 4.09. The van der Waals surface area contributed by atoms with Crippen LogP contribution in [-0.2, 0) is 20.7 Å². The zero-order chi connectivity index (χ0) is 23.2. The Morgan fingerprint density at radius 2 is 1.74 bits per heavy atom. The number of carbonyl (C=O) groups excluding carboxylic acids is 2. The van der Waals surface area contributed by atoms with Gasteiger partial charge in [0.25, 0.3) is 0 Å². The zero-order valence-corrected chi connectivity index (χ0v) is 20.3. The van der Waals surface area contributed by atoms with E-state index in [0.29, 0.717) is 25.3 Å². The smallest absolute Gasteiger partial charge is 0.407 e. The number of nitrogens with zero attached hydrogens (tertiary/aromatic N) is 1. The lowest BCUT2D eigenvalue weighted by atomic mass is 9.81. The number of alkyl carbamates (subject to hydrolysis) is 1. The summed E-state index contributed by atoms with van der Waals surface area (Å²) in [6, 6.07) is 6.55. The summed E-state index contributed by atoms with van der Waals surface area (Å²) in [6.07, 6.45) is 2.83. The molecule has 172 valence electrons. The summed E-state index contributed by atoms with van der Waals surface area (Å²) in [5.41, 5.74) is 0.336. The first-order chi connectivity index (χ1) is 14.5. The van der Waals surface area contributed by atoms with E-state index in [2.05, 4.69) is 21.2 Å². The van der Waals surface area contributed by atoms with Crippen LogP contribution in [0.2, 0.25) is 0 Å². The molecule has 2 rings (SSSR count). The van der Waals surface area contributed by atoms with Crippen LogP contribution in [0, 0.1) is 11.8 Å². The van der Waals surface area contributed by atoms with E-state index in [1.807, 2.05) is 45.0 Å². The SMILES string of the molecule is CN(C(=O)[C@H]1CC[C@H](CNC(=O)OC(C)(C)C)CC1)[C@@H](Cc1ccc(Br)cc1)C(=O)O. The highest BCUT2D eigenvalue weighted by Gasteiger charge is 2.33. The summed E-state index contributed by atoms with van der Waals surface area (Å²) >= 11 is 3.37. The second-order valence-corrected chi connectivity index (χ2v) is 10.1. The molecule has 31 heavy (non-hydrogen) atoms. The van der Waals surface area contributed by atoms with Gasteiger partial charge in [-0.3, -0.25) is 4.79 Å². The number of hydrogen-bond acceptors (Lipinski definition) is 4. The summed E-state index contributed by atoms with van der Waals surface area (Å²) in [4.78, 5) is 38.0. The largest absolute Gasteiger partial charge is 0.480 e. The zero-order valence-electron chi connectivity index (χ0n) is 18.7. The lowest BCUT2D eigenvalue weighted by molar-refractivity contribution is -0.151. The maximum Gasteiger partial charge on any atom is 0.407 e. The molecule has 1 fully saturated rings. The molecule has 0 bridgehead atoms. The van der Waals surface area contributed by atoms with Crippen LogP contribution in [0.5, 0.6) is 0 Å². The van der Waals surface area contributed by atoms with E-state index in [-0.39, 0.29) is 18.2 Å². The Hall–Kier alpha value is -2.09. The topological polar surface area (TPSA) is 95.9 Å². The van der Waals surface area contributed by atoms with E-state index in [4.69, 9.17) is 4.74 Å². The van der Waals surface area contributed by atoms with Crippen LogP contribution in [-0.4, -0.2) is 53.2 Å². The van der Waals surface area contributed by atoms with Crippen LogP contribution >= 0.6 is 15.9 Å². The first kappa shape index (κ1) is 25.2. The minimum atomic E-state index is -1.01. The highest BCUT2D eigenvalue weighted by Crippen LogP contribution is 2.30. The fraction of sp³-hybridized carbons (Fsp3) is 0.609. The average Bonchev–Trinajstić information content (AvgIpc) is 2.69. The lowest BCUT2D eigenvalue weighted by Gasteiger charge is -2.33. The van der Waals surface area contributed by atoms with Crippen molar-refractivity contribution in [2.24, 2.45) is 11.8 Å². The number of aliphatic carboxylic acids is 1. The third-order valence-corrected chi connectivity index (χ3v) is 6.10. The molecule has 2 N–H and O–H groups in total. The van der Waals surface area contributed by atoms with Crippen molar-refractivity contribution in [2.75, 3.05) is 13.6 Å². The van der Waals surface area contributed by atoms with Crippen molar-refractivity contribution in [3.8, 4) is 0 Å². The molecule has 1 atom stereocenters. The first-order valence-electron chi connectivity index (χ1n) is 10.7. The van der Waals surface area contributed by atoms with Crippen molar-refractivity contribution >= 4 is 33.9 Å². The second-order valence-electron chi connectivity index (χ2n) is 9.23. The van der Waals surface area contributed by atoms with Crippen LogP contribution in [0.15, 0.2) is 28.7 Å². The third-order valence-electron chi connectivity index (χ3n) is 5.57. The van der Waals surface area contributed by atoms with Crippen LogP contribution in [0.1, 0.15) is 52.0 Å². The van der Waals surface area contributed by atoms with Gasteiger partial charge in [0, 0.05) is 30.4 Å². The number of rotatable bonds is 7. The standard InChI is InChI=1S/C23H33BrN2O5/c1-23(2,3)31-22(30)25-14-16-5-9-17(10-6-16)20(27)26(4)19(21(28)29)13-15-7-11-18(24)12-8-15/h7-8,11-12,16-17,19H,5-6,9-10,13-14H2,1-4H3,(H,25,30)(H,28,29)/t16-,17-,19-/m0/s1. The number of hydrogen-bond donors (Lipinski definition) is 2. The van der Waals surface area contributed by atoms with Gasteiger partial charge in [-0.15, -0.1) is 0 Å². The minimum absolute atomic E-state index is 0.122. The summed E-state index contributed by atoms with van der Waals surface area (Å²) in [7, 11) is 1.58. The van der Waals surface area contributed by atoms with Gasteiger partial charge >= 0.3 is 12.1 Å². The molecule has 0 aromatic heterocycles. The van der Waals surface area contributed by atoms with Gasteiger partial charge in [0.1, 0.15) is 11.6 Å². The number of carboxylic acid groups (broad SMARTS) is 1. The Kier molecular flexibility index (Phi) is 8.91. The monoisotopic (exact) mass is 496 g/mol. The lowest BCUT2D eigenvalue weighted by Crippen LogP contribution is -2.47. The van der Waals surface area contributed by atoms with Crippen LogP contribution < -0.4 is 5.32 Å². The van der Waals surface area contributed by atoms with E-state index in [1.165, 1.54) is 4.90 Å². The molecule has 1 saturated carbocycles. The van der Waals surface area contributed by atoms with Gasteiger partial charge in [0.15, 0.2) is 0 Å². The molecule has 0 aliphatic heterocycles. The Morgan fingerprint density at radius 1 is 1.16 bits per heavy atom. The van der Waals surface area contributed by atoms with Gasteiger partial charge in [-0.2, -0.15) is 0 Å². The molecule has 1 aliphatic rings. The number of benzene rings is 1. The number of carboxylic acids is 1. The second kappa shape index (κ2) is 11.0. The Morgan fingerprint density at radius 3 is 2.26 bits per heavy atom. The van der Waals surface area contributed by atoms with Crippen molar-refractivity contribution in [3.63, 3.8) is 0 Å². The van der Waals surface area contributed by atoms with Gasteiger partial charge in [0.2, 0.25) is 5.91 Å². The van der Waals surface area contributed by atoms with Gasteiger partial charge in [-0.25, -0.2) is 9.59 Å². The summed E-state index contributed by atoms with van der Waals surface area (Å²) < 4.78 is 6.18. The van der Waals surface area contributed by atoms with Crippen molar-refractivity contribution in [1.82, 2.24) is 10.2 Å². The van der Waals surface area contributed by atoms with E-state index in [0.717, 1.165) is 22.9 Å². The Balaban J connectivity index is 1.86. The number of carbonyl (C=O) groups is 3. The van der Waals surface area contributed by atoms with Crippen molar-refractivity contribution in [1.29, 1.82) is 0 Å². The molecule has 0 saturated heterocycles. The molecule has 0 heterocycles. The number of likely N-dealkylation sites (N-methyl/N-ethyl adjacent to an activating group) is 1. The number of amides is 2. The quantitative estimate of drug-likeness (QED) is 0.588. The van der Waals surface area contributed by atoms with Crippen molar-refractivity contribution < 1.29 is 24.2 Å². The maximum atomic E-state index is 13.0. The molecule has 0 radical (unpaired) electrons. The summed E-state index contributed by atoms with van der Waals surface area (Å²) in [5, 5.41) is 12.5. The molecular formula is C23H33BrN2O5. The molecule has 8 heteroatoms. The maximum absolute atomic E-state index is 13.0. The number of ether oxygens (including phenoxy) is 1. The van der Waals surface area contributed by atoms with E-state index in [1.54, 1.807) is 7.05 Å². The predicted molar refractivity (Wildman–Crippen MR) is 122 cm³/mol. The van der Waals surface area contributed by atoms with E-state index >= 15 is 0 Å². The molecule has 1 aromatic carbocycles. The molecule has 0 spiro atoms. The fourth-order valence-electron chi connectivity index (χ4n) is 3.83. The Labute approximate surface area is 192 Å². The predicted octanol–water partition coefficient (Wildman–Crippen LogP) is 4.23. The van der Waals surface area contributed by atoms with Crippen molar-refractivity contribution in [3.05, 3.63) is 34.3 Å². The van der Waals surface area contributed by atoms with Gasteiger partial charge in [0.05, 0.1) is 0 Å². The summed E-state index contributed by atoms with van der Waals surface area (Å²) in [6.45, 7) is 5.98. The molecule has 2 amide bonds. The molecule has 1 aliphatic carbocycles. The highest BCUT2D eigenvalue weighted by molar-refractivity contribution is 9.10. The minimum Gasteiger partial charge on any atom is -0.480 e. The van der Waals surface area contributed by atoms with Crippen LogP contribution in [0.25, 0.3) is 0 Å². The molecule has 1 aromatic rings. The molecule has 7 nitrogen and oxygen atoms in total. The number of halogens is 1. The van der Waals surface area contributed by atoms with Crippen LogP contribution in [0.3, 0.4) is 0 Å². The number of nitrogens with one attached hydrogen (secondary N) is 1. The first-order valence-corrected chi connectivity index (χ1v) is 11.5. The van der Waals surface area contributed by atoms with Gasteiger partial charge in [-0.1, -0.05) is 28.1 Å². The third kappa shape index (κ3) is 8.16. The van der Waals surface area contributed by atoms with Crippen molar-refractivity contribution in [2.45, 2.75) is 64.5 Å². The van der Waals surface area contributed by atoms with E-state index < -0.39 is 23.7 Å². The highest BCUT2D eigenvalue weighted by atomic mass is 79.9. The Bertz CT molecular complexity index is 767. The van der Waals surface area contributed by atoms with Gasteiger partial charge in [-0.05, 0) is 70.1 Å². The normalized spacial score (nSPS) is 19.9.